The molecule has 1 aromatic rings. The Kier molecular flexibility index (Phi) is 2.49. The summed E-state index contributed by atoms with van der Waals surface area (Å²) in [6.07, 6.45) is 4.09. The monoisotopic (exact) mass is 257 g/mol. The lowest BCUT2D eigenvalue weighted by atomic mass is 10.00. The third kappa shape index (κ3) is 1.69. The maximum Gasteiger partial charge on any atom is 0.246 e. The van der Waals surface area contributed by atoms with E-state index in [2.05, 4.69) is 10.2 Å². The number of aliphatic hydroxyl groups excluding tert-OH is 1. The van der Waals surface area contributed by atoms with Crippen LogP contribution in [0.2, 0.25) is 0 Å². The van der Waals surface area contributed by atoms with Crippen molar-refractivity contribution in [2.75, 3.05) is 13.1 Å². The fraction of sp³-hybridized carbons (Fsp3) is 0.700. The number of nitrogens with one attached hydrogen (secondary N) is 1. The van der Waals surface area contributed by atoms with Crippen LogP contribution < -0.4 is 0 Å². The van der Waals surface area contributed by atoms with Gasteiger partial charge in [0, 0.05) is 25.2 Å². The summed E-state index contributed by atoms with van der Waals surface area (Å²) >= 11 is 0. The van der Waals surface area contributed by atoms with Crippen LogP contribution in [0.3, 0.4) is 0 Å². The van der Waals surface area contributed by atoms with E-state index in [0.29, 0.717) is 19.0 Å². The van der Waals surface area contributed by atoms with Gasteiger partial charge in [-0.3, -0.25) is 5.10 Å². The molecule has 94 valence electrons. The van der Waals surface area contributed by atoms with Crippen molar-refractivity contribution < 1.29 is 13.5 Å². The molecule has 1 saturated carbocycles. The molecule has 2 N–H and O–H groups in total. The number of aliphatic hydroxyl groups is 1. The SMILES string of the molecule is O=S(=O)(c1cn[nH]c1)N1CC2CCC(O)C2C1. The highest BCUT2D eigenvalue weighted by molar-refractivity contribution is 7.89. The number of sulfonamides is 1. The van der Waals surface area contributed by atoms with E-state index in [1.165, 1.54) is 16.7 Å². The van der Waals surface area contributed by atoms with E-state index in [1.807, 2.05) is 0 Å². The zero-order valence-corrected chi connectivity index (χ0v) is 10.1. The van der Waals surface area contributed by atoms with Crippen molar-refractivity contribution in [1.29, 1.82) is 0 Å². The first-order valence-corrected chi connectivity index (χ1v) is 7.20. The number of hydrogen-bond acceptors (Lipinski definition) is 4. The first-order chi connectivity index (χ1) is 8.09. The highest BCUT2D eigenvalue weighted by Crippen LogP contribution is 2.39. The lowest BCUT2D eigenvalue weighted by Gasteiger charge is -2.17. The van der Waals surface area contributed by atoms with Crippen LogP contribution in [0, 0.1) is 11.8 Å². The summed E-state index contributed by atoms with van der Waals surface area (Å²) in [6, 6.07) is 0. The second kappa shape index (κ2) is 3.79. The largest absolute Gasteiger partial charge is 0.393 e. The fourth-order valence-corrected chi connectivity index (χ4v) is 4.36. The van der Waals surface area contributed by atoms with Gasteiger partial charge in [-0.2, -0.15) is 9.40 Å². The Morgan fingerprint density at radius 1 is 1.41 bits per heavy atom. The van der Waals surface area contributed by atoms with Crippen molar-refractivity contribution in [2.45, 2.75) is 23.8 Å². The van der Waals surface area contributed by atoms with Crippen molar-refractivity contribution in [3.8, 4) is 0 Å². The van der Waals surface area contributed by atoms with Crippen molar-refractivity contribution >= 4 is 10.0 Å². The number of nitrogens with zero attached hydrogens (tertiary/aromatic N) is 2. The summed E-state index contributed by atoms with van der Waals surface area (Å²) in [7, 11) is -3.43. The molecule has 2 fully saturated rings. The summed E-state index contributed by atoms with van der Waals surface area (Å²) in [5.41, 5.74) is 0. The minimum atomic E-state index is -3.43. The quantitative estimate of drug-likeness (QED) is 0.768. The number of fused-ring (bicyclic) bond motifs is 1. The van der Waals surface area contributed by atoms with Crippen LogP contribution in [-0.4, -0.2) is 47.2 Å². The predicted molar refractivity (Wildman–Crippen MR) is 59.6 cm³/mol. The van der Waals surface area contributed by atoms with Crippen LogP contribution >= 0.6 is 0 Å². The van der Waals surface area contributed by atoms with Gasteiger partial charge in [0.2, 0.25) is 10.0 Å². The van der Waals surface area contributed by atoms with Gasteiger partial charge < -0.3 is 5.11 Å². The van der Waals surface area contributed by atoms with Crippen LogP contribution in [0.15, 0.2) is 17.3 Å². The zero-order valence-electron chi connectivity index (χ0n) is 9.28. The maximum absolute atomic E-state index is 12.2. The van der Waals surface area contributed by atoms with Gasteiger partial charge in [0.25, 0.3) is 0 Å². The molecule has 7 heteroatoms. The Morgan fingerprint density at radius 2 is 2.24 bits per heavy atom. The van der Waals surface area contributed by atoms with E-state index in [0.717, 1.165) is 12.8 Å². The molecule has 0 spiro atoms. The molecule has 17 heavy (non-hydrogen) atoms. The van der Waals surface area contributed by atoms with Crippen LogP contribution in [-0.2, 0) is 10.0 Å². The van der Waals surface area contributed by atoms with E-state index in [1.54, 1.807) is 0 Å². The van der Waals surface area contributed by atoms with E-state index in [9.17, 15) is 13.5 Å². The van der Waals surface area contributed by atoms with Crippen LogP contribution in [0.25, 0.3) is 0 Å². The van der Waals surface area contributed by atoms with Crippen LogP contribution in [0.1, 0.15) is 12.8 Å². The predicted octanol–water partition coefficient (Wildman–Crippen LogP) is -0.199. The first kappa shape index (κ1) is 11.2. The van der Waals surface area contributed by atoms with E-state index >= 15 is 0 Å². The van der Waals surface area contributed by atoms with Gasteiger partial charge in [-0.1, -0.05) is 0 Å². The molecule has 2 heterocycles. The molecule has 6 nitrogen and oxygen atoms in total. The summed E-state index contributed by atoms with van der Waals surface area (Å²) < 4.78 is 25.9. The van der Waals surface area contributed by atoms with Crippen molar-refractivity contribution in [3.05, 3.63) is 12.4 Å². The molecule has 1 aliphatic carbocycles. The van der Waals surface area contributed by atoms with E-state index in [-0.39, 0.29) is 16.9 Å². The zero-order chi connectivity index (χ0) is 12.0. The molecule has 3 unspecified atom stereocenters. The normalized spacial score (nSPS) is 34.1. The van der Waals surface area contributed by atoms with Gasteiger partial charge in [-0.15, -0.1) is 0 Å². The topological polar surface area (TPSA) is 86.3 Å². The Labute approximate surface area is 99.7 Å². The summed E-state index contributed by atoms with van der Waals surface area (Å²) in [6.45, 7) is 0.953. The molecule has 2 aliphatic rings. The number of hydrogen-bond donors (Lipinski definition) is 2. The van der Waals surface area contributed by atoms with E-state index in [4.69, 9.17) is 0 Å². The molecule has 1 aromatic heterocycles. The van der Waals surface area contributed by atoms with Gasteiger partial charge >= 0.3 is 0 Å². The van der Waals surface area contributed by atoms with Gasteiger partial charge in [0.05, 0.1) is 12.3 Å². The number of aromatic nitrogens is 2. The molecule has 0 bridgehead atoms. The summed E-state index contributed by atoms with van der Waals surface area (Å²) in [5, 5.41) is 16.0. The molecule has 0 aromatic carbocycles. The summed E-state index contributed by atoms with van der Waals surface area (Å²) in [5.74, 6) is 0.420. The van der Waals surface area contributed by atoms with Crippen molar-refractivity contribution in [2.24, 2.45) is 11.8 Å². The average molecular weight is 257 g/mol. The Bertz CT molecular complexity index is 499. The standard InChI is InChI=1S/C10H15N3O3S/c14-10-2-1-7-5-13(6-9(7)10)17(15,16)8-3-11-12-4-8/h3-4,7,9-10,14H,1-2,5-6H2,(H,11,12). The smallest absolute Gasteiger partial charge is 0.246 e. The molecular weight excluding hydrogens is 242 g/mol. The second-order valence-electron chi connectivity index (χ2n) is 4.82. The number of H-pyrrole nitrogens is 1. The molecule has 1 aliphatic heterocycles. The minimum absolute atomic E-state index is 0.108. The molecule has 0 radical (unpaired) electrons. The lowest BCUT2D eigenvalue weighted by Crippen LogP contribution is -2.30. The van der Waals surface area contributed by atoms with Crippen LogP contribution in [0.4, 0.5) is 0 Å². The molecule has 1 saturated heterocycles. The number of rotatable bonds is 2. The molecule has 3 rings (SSSR count). The van der Waals surface area contributed by atoms with Crippen molar-refractivity contribution in [3.63, 3.8) is 0 Å². The Hall–Kier alpha value is -0.920. The highest BCUT2D eigenvalue weighted by Gasteiger charge is 2.45. The Balaban J connectivity index is 1.84. The average Bonchev–Trinajstić information content (AvgIpc) is 2.96. The molecular formula is C10H15N3O3S. The highest BCUT2D eigenvalue weighted by atomic mass is 32.2. The molecule has 0 amide bonds. The third-order valence-corrected chi connectivity index (χ3v) is 5.69. The van der Waals surface area contributed by atoms with Gasteiger partial charge in [-0.05, 0) is 18.8 Å². The third-order valence-electron chi connectivity index (χ3n) is 3.90. The summed E-state index contributed by atoms with van der Waals surface area (Å²) in [4.78, 5) is 0.201. The maximum atomic E-state index is 12.2. The second-order valence-corrected chi connectivity index (χ2v) is 6.76. The van der Waals surface area contributed by atoms with Crippen LogP contribution in [0.5, 0.6) is 0 Å². The first-order valence-electron chi connectivity index (χ1n) is 5.76. The molecule has 3 atom stereocenters. The van der Waals surface area contributed by atoms with Crippen molar-refractivity contribution in [1.82, 2.24) is 14.5 Å². The Morgan fingerprint density at radius 3 is 2.88 bits per heavy atom. The fourth-order valence-electron chi connectivity index (χ4n) is 2.92. The van der Waals surface area contributed by atoms with E-state index < -0.39 is 10.0 Å². The minimum Gasteiger partial charge on any atom is -0.393 e. The van der Waals surface area contributed by atoms with Gasteiger partial charge in [-0.25, -0.2) is 8.42 Å². The number of aromatic amines is 1. The van der Waals surface area contributed by atoms with Gasteiger partial charge in [0.15, 0.2) is 0 Å². The lowest BCUT2D eigenvalue weighted by molar-refractivity contribution is 0.129. The van der Waals surface area contributed by atoms with Gasteiger partial charge in [0.1, 0.15) is 4.90 Å².